The molecule has 1 heterocycles. The fourth-order valence-electron chi connectivity index (χ4n) is 3.92. The maximum atomic E-state index is 5.14. The van der Waals surface area contributed by atoms with Gasteiger partial charge in [0.1, 0.15) is 0 Å². The predicted molar refractivity (Wildman–Crippen MR) is 123 cm³/mol. The first-order valence-corrected chi connectivity index (χ1v) is 9.92. The molecular weight excluding hydrogens is 350 g/mol. The largest absolute Gasteiger partial charge is 0.247 e. The van der Waals surface area contributed by atoms with Gasteiger partial charge in [-0.25, -0.2) is 4.98 Å². The van der Waals surface area contributed by atoms with E-state index >= 15 is 0 Å². The number of para-hydroxylation sites is 1. The first kappa shape index (κ1) is 17.4. The van der Waals surface area contributed by atoms with Gasteiger partial charge in [-0.05, 0) is 24.1 Å². The maximum Gasteiger partial charge on any atom is 0.0794 e. The third-order valence-corrected chi connectivity index (χ3v) is 5.34. The van der Waals surface area contributed by atoms with E-state index in [1.165, 1.54) is 33.2 Å². The molecule has 0 spiro atoms. The molecule has 0 saturated carbocycles. The lowest BCUT2D eigenvalue weighted by molar-refractivity contribution is 1.38. The summed E-state index contributed by atoms with van der Waals surface area (Å²) in [5.74, 6) is 0. The minimum Gasteiger partial charge on any atom is -0.247 e. The highest BCUT2D eigenvalue weighted by atomic mass is 14.7. The van der Waals surface area contributed by atoms with Crippen molar-refractivity contribution < 1.29 is 0 Å². The minimum atomic E-state index is 1.02. The Bertz CT molecular complexity index is 1270. The van der Waals surface area contributed by atoms with Crippen molar-refractivity contribution in [3.05, 3.63) is 115 Å². The lowest BCUT2D eigenvalue weighted by Crippen LogP contribution is -1.96. The van der Waals surface area contributed by atoms with Gasteiger partial charge in [-0.1, -0.05) is 109 Å². The number of benzene rings is 4. The Kier molecular flexibility index (Phi) is 4.42. The summed E-state index contributed by atoms with van der Waals surface area (Å²) in [5.41, 5.74) is 9.22. The number of rotatable bonds is 3. The zero-order chi connectivity index (χ0) is 19.6. The summed E-state index contributed by atoms with van der Waals surface area (Å²) in [6.45, 7) is 2.12. The molecule has 0 aliphatic carbocycles. The van der Waals surface area contributed by atoms with Crippen LogP contribution in [0.25, 0.3) is 44.4 Å². The number of nitrogens with zero attached hydrogens (tertiary/aromatic N) is 1. The zero-order valence-corrected chi connectivity index (χ0v) is 16.3. The molecule has 138 valence electrons. The van der Waals surface area contributed by atoms with Crippen molar-refractivity contribution in [1.29, 1.82) is 0 Å². The van der Waals surface area contributed by atoms with E-state index in [4.69, 9.17) is 4.98 Å². The summed E-state index contributed by atoms with van der Waals surface area (Å²) in [7, 11) is 0. The quantitative estimate of drug-likeness (QED) is 0.319. The molecule has 0 bridgehead atoms. The van der Waals surface area contributed by atoms with Gasteiger partial charge in [-0.3, -0.25) is 0 Å². The second-order valence-corrected chi connectivity index (χ2v) is 7.33. The molecule has 29 heavy (non-hydrogen) atoms. The Morgan fingerprint density at radius 1 is 0.483 bits per heavy atom. The SMILES string of the molecule is Cc1ccc(-c2nc3ccccc3c(-c3ccccc3)c2-c2ccccc2)cc1. The van der Waals surface area contributed by atoms with Crippen LogP contribution in [0.1, 0.15) is 5.56 Å². The van der Waals surface area contributed by atoms with E-state index in [1.54, 1.807) is 0 Å². The molecule has 5 aromatic rings. The lowest BCUT2D eigenvalue weighted by atomic mass is 9.88. The van der Waals surface area contributed by atoms with Gasteiger partial charge in [-0.2, -0.15) is 0 Å². The average molecular weight is 371 g/mol. The Balaban J connectivity index is 1.95. The molecule has 5 rings (SSSR count). The van der Waals surface area contributed by atoms with Gasteiger partial charge in [0.05, 0.1) is 11.2 Å². The zero-order valence-electron chi connectivity index (χ0n) is 16.3. The second-order valence-electron chi connectivity index (χ2n) is 7.33. The van der Waals surface area contributed by atoms with Crippen molar-refractivity contribution >= 4 is 10.9 Å². The fraction of sp³-hybridized carbons (Fsp3) is 0.0357. The van der Waals surface area contributed by atoms with Crippen molar-refractivity contribution in [2.75, 3.05) is 0 Å². The molecule has 0 atom stereocenters. The van der Waals surface area contributed by atoms with Crippen LogP contribution in [0.4, 0.5) is 0 Å². The average Bonchev–Trinajstić information content (AvgIpc) is 2.79. The van der Waals surface area contributed by atoms with Gasteiger partial charge in [0, 0.05) is 22.1 Å². The number of aryl methyl sites for hydroxylation is 1. The lowest BCUT2D eigenvalue weighted by Gasteiger charge is -2.18. The van der Waals surface area contributed by atoms with E-state index in [-0.39, 0.29) is 0 Å². The van der Waals surface area contributed by atoms with Crippen molar-refractivity contribution in [2.24, 2.45) is 0 Å². The van der Waals surface area contributed by atoms with Crippen molar-refractivity contribution in [3.63, 3.8) is 0 Å². The summed E-state index contributed by atoms with van der Waals surface area (Å²) in [5, 5.41) is 1.17. The van der Waals surface area contributed by atoms with Gasteiger partial charge < -0.3 is 0 Å². The van der Waals surface area contributed by atoms with Gasteiger partial charge in [-0.15, -0.1) is 0 Å². The molecule has 0 aliphatic rings. The molecule has 0 amide bonds. The molecular formula is C28H21N. The van der Waals surface area contributed by atoms with Crippen LogP contribution in [0, 0.1) is 6.92 Å². The van der Waals surface area contributed by atoms with Crippen molar-refractivity contribution in [2.45, 2.75) is 6.92 Å². The first-order valence-electron chi connectivity index (χ1n) is 9.92. The van der Waals surface area contributed by atoms with Gasteiger partial charge in [0.15, 0.2) is 0 Å². The smallest absolute Gasteiger partial charge is 0.0794 e. The van der Waals surface area contributed by atoms with E-state index in [0.29, 0.717) is 0 Å². The molecule has 0 aliphatic heterocycles. The van der Waals surface area contributed by atoms with Crippen LogP contribution in [-0.2, 0) is 0 Å². The summed E-state index contributed by atoms with van der Waals surface area (Å²) in [6, 6.07) is 38.3. The molecule has 1 aromatic heterocycles. The van der Waals surface area contributed by atoms with Crippen LogP contribution in [-0.4, -0.2) is 4.98 Å². The molecule has 1 heteroatoms. The first-order chi connectivity index (χ1) is 14.3. The fourth-order valence-corrected chi connectivity index (χ4v) is 3.92. The van der Waals surface area contributed by atoms with Crippen LogP contribution in [0.2, 0.25) is 0 Å². The van der Waals surface area contributed by atoms with Gasteiger partial charge >= 0.3 is 0 Å². The number of hydrogen-bond acceptors (Lipinski definition) is 1. The highest BCUT2D eigenvalue weighted by molar-refractivity contribution is 6.06. The summed E-state index contributed by atoms with van der Waals surface area (Å²) in [4.78, 5) is 5.14. The van der Waals surface area contributed by atoms with Crippen LogP contribution >= 0.6 is 0 Å². The highest BCUT2D eigenvalue weighted by Crippen LogP contribution is 2.42. The van der Waals surface area contributed by atoms with Gasteiger partial charge in [0.25, 0.3) is 0 Å². The monoisotopic (exact) mass is 371 g/mol. The normalized spacial score (nSPS) is 10.9. The van der Waals surface area contributed by atoms with E-state index in [2.05, 4.69) is 116 Å². The van der Waals surface area contributed by atoms with Crippen LogP contribution in [0.3, 0.4) is 0 Å². The number of aromatic nitrogens is 1. The van der Waals surface area contributed by atoms with E-state index in [0.717, 1.165) is 16.8 Å². The molecule has 0 saturated heterocycles. The van der Waals surface area contributed by atoms with Crippen molar-refractivity contribution in [3.8, 4) is 33.5 Å². The molecule has 0 fully saturated rings. The number of hydrogen-bond donors (Lipinski definition) is 0. The molecule has 0 radical (unpaired) electrons. The maximum absolute atomic E-state index is 5.14. The molecule has 0 unspecified atom stereocenters. The van der Waals surface area contributed by atoms with E-state index in [1.807, 2.05) is 0 Å². The molecule has 4 aromatic carbocycles. The van der Waals surface area contributed by atoms with Gasteiger partial charge in [0.2, 0.25) is 0 Å². The third-order valence-electron chi connectivity index (χ3n) is 5.34. The predicted octanol–water partition coefficient (Wildman–Crippen LogP) is 7.54. The Morgan fingerprint density at radius 2 is 1.03 bits per heavy atom. The van der Waals surface area contributed by atoms with Crippen LogP contribution in [0.5, 0.6) is 0 Å². The van der Waals surface area contributed by atoms with Crippen LogP contribution in [0.15, 0.2) is 109 Å². The molecule has 1 nitrogen and oxygen atoms in total. The second kappa shape index (κ2) is 7.37. The third kappa shape index (κ3) is 3.21. The standard InChI is InChI=1S/C28H21N/c1-20-16-18-23(19-17-20)28-27(22-12-6-3-7-13-22)26(21-10-4-2-5-11-21)24-14-8-9-15-25(24)29-28/h2-19H,1H3. The Morgan fingerprint density at radius 3 is 1.69 bits per heavy atom. The summed E-state index contributed by atoms with van der Waals surface area (Å²) >= 11 is 0. The topological polar surface area (TPSA) is 12.9 Å². The molecule has 0 N–H and O–H groups in total. The number of pyridine rings is 1. The number of fused-ring (bicyclic) bond motifs is 1. The highest BCUT2D eigenvalue weighted by Gasteiger charge is 2.19. The van der Waals surface area contributed by atoms with Crippen LogP contribution < -0.4 is 0 Å². The van der Waals surface area contributed by atoms with E-state index < -0.39 is 0 Å². The summed E-state index contributed by atoms with van der Waals surface area (Å²) in [6.07, 6.45) is 0. The Hall–Kier alpha value is -3.71. The Labute approximate surface area is 171 Å². The van der Waals surface area contributed by atoms with Crippen molar-refractivity contribution in [1.82, 2.24) is 4.98 Å². The summed E-state index contributed by atoms with van der Waals surface area (Å²) < 4.78 is 0. The van der Waals surface area contributed by atoms with E-state index in [9.17, 15) is 0 Å². The minimum absolute atomic E-state index is 1.02.